The second-order valence-corrected chi connectivity index (χ2v) is 7.54. The van der Waals surface area contributed by atoms with E-state index in [0.717, 1.165) is 21.8 Å². The smallest absolute Gasteiger partial charge is 0.251 e. The number of amides is 2. The third-order valence-corrected chi connectivity index (χ3v) is 5.36. The molecule has 4 aromatic rings. The Labute approximate surface area is 172 Å². The normalized spacial score (nSPS) is 10.8. The first-order valence-electron chi connectivity index (χ1n) is 9.26. The van der Waals surface area contributed by atoms with Gasteiger partial charge in [0.2, 0.25) is 5.91 Å². The summed E-state index contributed by atoms with van der Waals surface area (Å²) < 4.78 is 1.99. The van der Waals surface area contributed by atoms with Crippen molar-refractivity contribution in [1.29, 1.82) is 0 Å². The Hall–Kier alpha value is -3.45. The lowest BCUT2D eigenvalue weighted by molar-refractivity contribution is -0.116. The average Bonchev–Trinajstić information content (AvgIpc) is 3.31. The monoisotopic (exact) mass is 404 g/mol. The largest absolute Gasteiger partial charge is 0.352 e. The molecule has 7 heteroatoms. The van der Waals surface area contributed by atoms with Gasteiger partial charge in [0, 0.05) is 47.6 Å². The summed E-state index contributed by atoms with van der Waals surface area (Å²) in [5.74, 6) is -0.314. The van der Waals surface area contributed by atoms with Crippen LogP contribution in [0.5, 0.6) is 0 Å². The van der Waals surface area contributed by atoms with Crippen molar-refractivity contribution in [2.75, 3.05) is 11.9 Å². The summed E-state index contributed by atoms with van der Waals surface area (Å²) in [4.78, 5) is 29.9. The first-order valence-corrected chi connectivity index (χ1v) is 10.1. The third kappa shape index (κ3) is 4.35. The highest BCUT2D eigenvalue weighted by Crippen LogP contribution is 2.23. The van der Waals surface area contributed by atoms with Crippen LogP contribution in [0.25, 0.3) is 16.2 Å². The fraction of sp³-hybridized carbons (Fsp3) is 0.136. The van der Waals surface area contributed by atoms with E-state index in [9.17, 15) is 9.59 Å². The molecule has 146 valence electrons. The van der Waals surface area contributed by atoms with Gasteiger partial charge in [-0.25, -0.2) is 4.98 Å². The number of nitrogens with one attached hydrogen (secondary N) is 2. The van der Waals surface area contributed by atoms with Gasteiger partial charge in [0.05, 0.1) is 5.69 Å². The van der Waals surface area contributed by atoms with Crippen LogP contribution in [0.15, 0.2) is 66.3 Å². The second-order valence-electron chi connectivity index (χ2n) is 6.67. The fourth-order valence-electron chi connectivity index (χ4n) is 3.03. The summed E-state index contributed by atoms with van der Waals surface area (Å²) in [6.07, 6.45) is 4.16. The van der Waals surface area contributed by atoms with Gasteiger partial charge < -0.3 is 10.6 Å². The van der Waals surface area contributed by atoms with Crippen LogP contribution in [0.2, 0.25) is 0 Å². The van der Waals surface area contributed by atoms with Gasteiger partial charge in [0.1, 0.15) is 0 Å². The zero-order chi connectivity index (χ0) is 20.2. The number of rotatable bonds is 6. The quantitative estimate of drug-likeness (QED) is 0.507. The number of fused-ring (bicyclic) bond motifs is 1. The molecule has 0 saturated carbocycles. The Morgan fingerprint density at radius 2 is 1.90 bits per heavy atom. The summed E-state index contributed by atoms with van der Waals surface area (Å²) in [5.41, 5.74) is 4.14. The van der Waals surface area contributed by atoms with Crippen LogP contribution >= 0.6 is 11.3 Å². The number of aryl methyl sites for hydroxylation is 1. The highest BCUT2D eigenvalue weighted by atomic mass is 32.1. The number of carbonyl (C=O) groups excluding carboxylic acids is 2. The van der Waals surface area contributed by atoms with Crippen molar-refractivity contribution < 1.29 is 9.59 Å². The molecule has 2 N–H and O–H groups in total. The summed E-state index contributed by atoms with van der Waals surface area (Å²) in [6.45, 7) is 2.17. The molecule has 0 aliphatic carbocycles. The van der Waals surface area contributed by atoms with Crippen LogP contribution < -0.4 is 10.6 Å². The van der Waals surface area contributed by atoms with Crippen molar-refractivity contribution in [2.45, 2.75) is 13.3 Å². The van der Waals surface area contributed by atoms with Crippen LogP contribution in [0.3, 0.4) is 0 Å². The number of hydrogen-bond donors (Lipinski definition) is 2. The van der Waals surface area contributed by atoms with E-state index >= 15 is 0 Å². The molecule has 4 rings (SSSR count). The van der Waals surface area contributed by atoms with Gasteiger partial charge >= 0.3 is 0 Å². The fourth-order valence-corrected chi connectivity index (χ4v) is 3.73. The zero-order valence-corrected chi connectivity index (χ0v) is 16.7. The Bertz CT molecular complexity index is 1130. The van der Waals surface area contributed by atoms with Crippen molar-refractivity contribution >= 4 is 33.8 Å². The minimum atomic E-state index is -0.166. The van der Waals surface area contributed by atoms with Crippen molar-refractivity contribution in [3.8, 4) is 11.3 Å². The van der Waals surface area contributed by atoms with Gasteiger partial charge in [-0.05, 0) is 30.7 Å². The third-order valence-electron chi connectivity index (χ3n) is 4.58. The SMILES string of the molecule is Cc1ccccc1C(=O)NCCC(=O)Nc1ccc(-c2cn3ccsc3n2)cc1. The maximum atomic E-state index is 12.2. The summed E-state index contributed by atoms with van der Waals surface area (Å²) in [7, 11) is 0. The van der Waals surface area contributed by atoms with Crippen LogP contribution in [0.4, 0.5) is 5.69 Å². The summed E-state index contributed by atoms with van der Waals surface area (Å²) in [6, 6.07) is 14.9. The van der Waals surface area contributed by atoms with E-state index in [0.29, 0.717) is 11.3 Å². The molecule has 2 amide bonds. The highest BCUT2D eigenvalue weighted by Gasteiger charge is 2.09. The van der Waals surface area contributed by atoms with Crippen molar-refractivity contribution in [3.63, 3.8) is 0 Å². The number of thiazole rings is 1. The zero-order valence-electron chi connectivity index (χ0n) is 15.9. The molecule has 0 fully saturated rings. The number of aromatic nitrogens is 2. The molecule has 0 aliphatic heterocycles. The lowest BCUT2D eigenvalue weighted by Crippen LogP contribution is -2.28. The Kier molecular flexibility index (Phi) is 5.39. The van der Waals surface area contributed by atoms with Gasteiger partial charge in [-0.1, -0.05) is 30.3 Å². The number of benzene rings is 2. The molecule has 6 nitrogen and oxygen atoms in total. The maximum absolute atomic E-state index is 12.2. The van der Waals surface area contributed by atoms with E-state index in [1.54, 1.807) is 17.4 Å². The Morgan fingerprint density at radius 3 is 2.66 bits per heavy atom. The molecule has 0 spiro atoms. The highest BCUT2D eigenvalue weighted by molar-refractivity contribution is 7.15. The van der Waals surface area contributed by atoms with E-state index < -0.39 is 0 Å². The van der Waals surface area contributed by atoms with E-state index in [4.69, 9.17) is 0 Å². The topological polar surface area (TPSA) is 75.5 Å². The first kappa shape index (κ1) is 18.9. The number of carbonyl (C=O) groups is 2. The Balaban J connectivity index is 1.29. The van der Waals surface area contributed by atoms with E-state index in [-0.39, 0.29) is 24.8 Å². The van der Waals surface area contributed by atoms with Crippen molar-refractivity contribution in [1.82, 2.24) is 14.7 Å². The number of hydrogen-bond acceptors (Lipinski definition) is 4. The van der Waals surface area contributed by atoms with Gasteiger partial charge in [-0.2, -0.15) is 0 Å². The maximum Gasteiger partial charge on any atom is 0.251 e. The molecular formula is C22H20N4O2S. The first-order chi connectivity index (χ1) is 14.1. The molecular weight excluding hydrogens is 384 g/mol. The number of imidazole rings is 1. The minimum Gasteiger partial charge on any atom is -0.352 e. The van der Waals surface area contributed by atoms with Crippen LogP contribution in [-0.4, -0.2) is 27.7 Å². The molecule has 0 saturated heterocycles. The van der Waals surface area contributed by atoms with Gasteiger partial charge in [-0.15, -0.1) is 11.3 Å². The molecule has 0 bridgehead atoms. The van der Waals surface area contributed by atoms with Crippen molar-refractivity contribution in [3.05, 3.63) is 77.4 Å². The summed E-state index contributed by atoms with van der Waals surface area (Å²) >= 11 is 1.59. The predicted molar refractivity (Wildman–Crippen MR) is 115 cm³/mol. The predicted octanol–water partition coefficient (Wildman–Crippen LogP) is 4.13. The summed E-state index contributed by atoms with van der Waals surface area (Å²) in [5, 5.41) is 7.64. The Morgan fingerprint density at radius 1 is 1.10 bits per heavy atom. The lowest BCUT2D eigenvalue weighted by Gasteiger charge is -2.08. The van der Waals surface area contributed by atoms with Crippen molar-refractivity contribution in [2.24, 2.45) is 0 Å². The van der Waals surface area contributed by atoms with Crippen LogP contribution in [0.1, 0.15) is 22.3 Å². The lowest BCUT2D eigenvalue weighted by atomic mass is 10.1. The molecule has 0 radical (unpaired) electrons. The standard InChI is InChI=1S/C22H20N4O2S/c1-15-4-2-3-5-18(15)21(28)23-11-10-20(27)24-17-8-6-16(7-9-17)19-14-26-12-13-29-22(26)25-19/h2-9,12-14H,10-11H2,1H3,(H,23,28)(H,24,27). The average molecular weight is 404 g/mol. The number of nitrogens with zero attached hydrogens (tertiary/aromatic N) is 2. The van der Waals surface area contributed by atoms with Gasteiger partial charge in [0.25, 0.3) is 5.91 Å². The van der Waals surface area contributed by atoms with E-state index in [1.165, 1.54) is 0 Å². The minimum absolute atomic E-state index is 0.148. The van der Waals surface area contributed by atoms with E-state index in [2.05, 4.69) is 15.6 Å². The number of anilines is 1. The van der Waals surface area contributed by atoms with Gasteiger partial charge in [0.15, 0.2) is 4.96 Å². The van der Waals surface area contributed by atoms with Crippen LogP contribution in [0, 0.1) is 6.92 Å². The molecule has 2 aromatic heterocycles. The molecule has 0 unspecified atom stereocenters. The molecule has 2 aromatic carbocycles. The molecule has 0 aliphatic rings. The van der Waals surface area contributed by atoms with Gasteiger partial charge in [-0.3, -0.25) is 14.0 Å². The molecule has 29 heavy (non-hydrogen) atoms. The van der Waals surface area contributed by atoms with E-state index in [1.807, 2.05) is 71.6 Å². The second kappa shape index (κ2) is 8.28. The molecule has 0 atom stereocenters. The molecule has 2 heterocycles. The van der Waals surface area contributed by atoms with Crippen LogP contribution in [-0.2, 0) is 4.79 Å².